The lowest BCUT2D eigenvalue weighted by molar-refractivity contribution is -0.121. The lowest BCUT2D eigenvalue weighted by Crippen LogP contribution is -2.43. The first kappa shape index (κ1) is 18.4. The number of fused-ring (bicyclic) bond motifs is 1. The van der Waals surface area contributed by atoms with E-state index in [-0.39, 0.29) is 12.5 Å². The Morgan fingerprint density at radius 1 is 1.00 bits per heavy atom. The number of carbonyl (C=O) groups is 1. The first-order valence-corrected chi connectivity index (χ1v) is 8.67. The zero-order chi connectivity index (χ0) is 19.4. The van der Waals surface area contributed by atoms with E-state index in [4.69, 9.17) is 4.74 Å². The monoisotopic (exact) mass is 367 g/mol. The van der Waals surface area contributed by atoms with Gasteiger partial charge in [0.25, 0.3) is 0 Å². The zero-order valence-corrected chi connectivity index (χ0v) is 15.3. The summed E-state index contributed by atoms with van der Waals surface area (Å²) in [6.45, 7) is 2.27. The summed E-state index contributed by atoms with van der Waals surface area (Å²) in [4.78, 5) is 37.2. The largest absolute Gasteiger partial charge is 0.497 e. The fourth-order valence-electron chi connectivity index (χ4n) is 3.02. The van der Waals surface area contributed by atoms with Crippen LogP contribution in [-0.4, -0.2) is 22.2 Å². The molecule has 0 unspecified atom stereocenters. The number of para-hydroxylation sites is 2. The first-order chi connectivity index (χ1) is 13.0. The molecule has 1 heterocycles. The molecular formula is C20H21N3O4. The second-order valence-electron chi connectivity index (χ2n) is 6.06. The number of aromatic nitrogens is 2. The van der Waals surface area contributed by atoms with Crippen LogP contribution >= 0.6 is 0 Å². The van der Waals surface area contributed by atoms with Gasteiger partial charge in [-0.1, -0.05) is 24.3 Å². The molecule has 7 heteroatoms. The maximum Gasteiger partial charge on any atom is 0.317 e. The minimum absolute atomic E-state index is 0.219. The van der Waals surface area contributed by atoms with Crippen LogP contribution in [0.3, 0.4) is 0 Å². The topological polar surface area (TPSA) is 82.3 Å². The van der Waals surface area contributed by atoms with Crippen molar-refractivity contribution in [3.63, 3.8) is 0 Å². The first-order valence-electron chi connectivity index (χ1n) is 8.67. The van der Waals surface area contributed by atoms with Crippen molar-refractivity contribution in [2.45, 2.75) is 26.6 Å². The van der Waals surface area contributed by atoms with Crippen molar-refractivity contribution in [3.8, 4) is 5.75 Å². The van der Waals surface area contributed by atoms with E-state index < -0.39 is 11.1 Å². The van der Waals surface area contributed by atoms with Gasteiger partial charge in [0.05, 0.1) is 18.1 Å². The van der Waals surface area contributed by atoms with E-state index >= 15 is 0 Å². The maximum atomic E-state index is 12.5. The molecule has 1 N–H and O–H groups in total. The summed E-state index contributed by atoms with van der Waals surface area (Å²) in [6, 6.07) is 14.4. The quantitative estimate of drug-likeness (QED) is 0.670. The summed E-state index contributed by atoms with van der Waals surface area (Å²) in [5.74, 6) is 0.353. The van der Waals surface area contributed by atoms with Gasteiger partial charge in [-0.05, 0) is 36.8 Å². The molecule has 0 bridgehead atoms. The van der Waals surface area contributed by atoms with Crippen LogP contribution in [0.2, 0.25) is 0 Å². The van der Waals surface area contributed by atoms with Gasteiger partial charge in [-0.25, -0.2) is 0 Å². The Morgan fingerprint density at radius 3 is 2.33 bits per heavy atom. The van der Waals surface area contributed by atoms with Gasteiger partial charge < -0.3 is 14.6 Å². The predicted molar refractivity (Wildman–Crippen MR) is 103 cm³/mol. The molecular weight excluding hydrogens is 346 g/mol. The lowest BCUT2D eigenvalue weighted by atomic mass is 10.2. The van der Waals surface area contributed by atoms with Gasteiger partial charge >= 0.3 is 11.1 Å². The summed E-state index contributed by atoms with van der Waals surface area (Å²) in [5, 5.41) is 2.78. The van der Waals surface area contributed by atoms with Crippen molar-refractivity contribution in [1.82, 2.24) is 14.5 Å². The number of amides is 1. The Morgan fingerprint density at radius 2 is 1.67 bits per heavy atom. The van der Waals surface area contributed by atoms with Gasteiger partial charge in [0, 0.05) is 13.1 Å². The molecule has 1 aromatic heterocycles. The Bertz CT molecular complexity index is 1100. The highest BCUT2D eigenvalue weighted by molar-refractivity contribution is 5.80. The molecule has 0 aliphatic carbocycles. The van der Waals surface area contributed by atoms with Crippen LogP contribution in [0.4, 0.5) is 0 Å². The fraction of sp³-hybridized carbons (Fsp3) is 0.250. The molecule has 7 nitrogen and oxygen atoms in total. The molecule has 0 spiro atoms. The molecule has 0 radical (unpaired) electrons. The molecule has 0 fully saturated rings. The van der Waals surface area contributed by atoms with E-state index in [2.05, 4.69) is 5.32 Å². The number of aryl methyl sites for hydroxylation is 1. The summed E-state index contributed by atoms with van der Waals surface area (Å²) in [6.07, 6.45) is 0. The average molecular weight is 367 g/mol. The molecule has 2 aromatic carbocycles. The third kappa shape index (κ3) is 3.76. The molecule has 140 valence electrons. The van der Waals surface area contributed by atoms with Gasteiger partial charge in [0.1, 0.15) is 12.3 Å². The van der Waals surface area contributed by atoms with Crippen LogP contribution in [0.15, 0.2) is 58.1 Å². The van der Waals surface area contributed by atoms with E-state index in [0.717, 1.165) is 5.56 Å². The minimum atomic E-state index is -0.702. The number of ether oxygens (including phenoxy) is 1. The molecule has 0 aliphatic heterocycles. The zero-order valence-electron chi connectivity index (χ0n) is 15.3. The second-order valence-corrected chi connectivity index (χ2v) is 6.06. The van der Waals surface area contributed by atoms with Crippen molar-refractivity contribution in [3.05, 3.63) is 74.8 Å². The third-order valence-corrected chi connectivity index (χ3v) is 4.38. The van der Waals surface area contributed by atoms with E-state index in [1.807, 2.05) is 24.3 Å². The molecule has 0 saturated carbocycles. The van der Waals surface area contributed by atoms with E-state index in [9.17, 15) is 14.4 Å². The molecule has 0 saturated heterocycles. The number of carbonyl (C=O) groups excluding carboxylic acids is 1. The highest BCUT2D eigenvalue weighted by atomic mass is 16.5. The summed E-state index contributed by atoms with van der Waals surface area (Å²) >= 11 is 0. The number of methoxy groups -OCH3 is 1. The van der Waals surface area contributed by atoms with Gasteiger partial charge in [0.15, 0.2) is 0 Å². The van der Waals surface area contributed by atoms with E-state index in [1.165, 1.54) is 9.13 Å². The molecule has 27 heavy (non-hydrogen) atoms. The van der Waals surface area contributed by atoms with Gasteiger partial charge in [-0.15, -0.1) is 0 Å². The fourth-order valence-corrected chi connectivity index (χ4v) is 3.02. The number of nitrogens with one attached hydrogen (secondary N) is 1. The van der Waals surface area contributed by atoms with Crippen LogP contribution < -0.4 is 21.2 Å². The highest BCUT2D eigenvalue weighted by Crippen LogP contribution is 2.12. The van der Waals surface area contributed by atoms with Gasteiger partial charge in [0.2, 0.25) is 5.91 Å². The Labute approximate surface area is 155 Å². The normalized spacial score (nSPS) is 10.7. The van der Waals surface area contributed by atoms with Crippen molar-refractivity contribution in [2.75, 3.05) is 7.11 Å². The van der Waals surface area contributed by atoms with Crippen molar-refractivity contribution in [1.29, 1.82) is 0 Å². The molecule has 0 aliphatic rings. The summed E-state index contributed by atoms with van der Waals surface area (Å²) < 4.78 is 7.81. The van der Waals surface area contributed by atoms with Crippen LogP contribution in [0, 0.1) is 0 Å². The number of hydrogen-bond acceptors (Lipinski definition) is 4. The van der Waals surface area contributed by atoms with Gasteiger partial charge in [-0.3, -0.25) is 19.0 Å². The Balaban J connectivity index is 1.86. The third-order valence-electron chi connectivity index (χ3n) is 4.38. The van der Waals surface area contributed by atoms with E-state index in [0.29, 0.717) is 29.9 Å². The lowest BCUT2D eigenvalue weighted by Gasteiger charge is -2.14. The average Bonchev–Trinajstić information content (AvgIpc) is 2.70. The van der Waals surface area contributed by atoms with Crippen molar-refractivity contribution in [2.24, 2.45) is 0 Å². The molecule has 3 rings (SSSR count). The number of benzene rings is 2. The van der Waals surface area contributed by atoms with E-state index in [1.54, 1.807) is 38.3 Å². The molecule has 1 amide bonds. The number of hydrogen-bond donors (Lipinski definition) is 1. The Kier molecular flexibility index (Phi) is 5.40. The standard InChI is InChI=1S/C20H21N3O4/c1-3-22-16-9-4-5-10-17(16)23(20(26)19(22)25)13-18(24)21-12-14-7-6-8-15(11-14)27-2/h4-11H,3,12-13H2,1-2H3,(H,21,24). The molecule has 3 aromatic rings. The Hall–Kier alpha value is -3.35. The SMILES string of the molecule is CCn1c(=O)c(=O)n(CC(=O)NCc2cccc(OC)c2)c2ccccc21. The highest BCUT2D eigenvalue weighted by Gasteiger charge is 2.14. The smallest absolute Gasteiger partial charge is 0.317 e. The number of rotatable bonds is 6. The summed E-state index contributed by atoms with van der Waals surface area (Å²) in [7, 11) is 1.58. The molecule has 0 atom stereocenters. The predicted octanol–water partition coefficient (Wildman–Crippen LogP) is 1.51. The van der Waals surface area contributed by atoms with Crippen molar-refractivity contribution < 1.29 is 9.53 Å². The summed E-state index contributed by atoms with van der Waals surface area (Å²) in [5.41, 5.74) is 0.732. The van der Waals surface area contributed by atoms with Crippen LogP contribution in [-0.2, 0) is 24.4 Å². The maximum absolute atomic E-state index is 12.5. The number of nitrogens with zero attached hydrogens (tertiary/aromatic N) is 2. The minimum Gasteiger partial charge on any atom is -0.497 e. The van der Waals surface area contributed by atoms with Crippen LogP contribution in [0.1, 0.15) is 12.5 Å². The van der Waals surface area contributed by atoms with Gasteiger partial charge in [-0.2, -0.15) is 0 Å². The van der Waals surface area contributed by atoms with Crippen LogP contribution in [0.5, 0.6) is 5.75 Å². The second kappa shape index (κ2) is 7.90. The van der Waals surface area contributed by atoms with Crippen molar-refractivity contribution >= 4 is 16.9 Å². The van der Waals surface area contributed by atoms with Crippen LogP contribution in [0.25, 0.3) is 11.0 Å².